The molecule has 4 amide bonds. The maximum absolute atomic E-state index is 11.7. The summed E-state index contributed by atoms with van der Waals surface area (Å²) in [5, 5.41) is 28.8. The summed E-state index contributed by atoms with van der Waals surface area (Å²) in [5.41, 5.74) is 0.553. The van der Waals surface area contributed by atoms with Gasteiger partial charge < -0.3 is 50.4 Å². The molecule has 15 nitrogen and oxygen atoms in total. The van der Waals surface area contributed by atoms with Gasteiger partial charge in [-0.15, -0.1) is 0 Å². The van der Waals surface area contributed by atoms with Crippen LogP contribution in [0.2, 0.25) is 0 Å². The van der Waals surface area contributed by atoms with Crippen LogP contribution in [0.4, 0.5) is 19.2 Å². The first kappa shape index (κ1) is 52.1. The molecule has 0 saturated heterocycles. The summed E-state index contributed by atoms with van der Waals surface area (Å²) < 4.78 is 20.4. The molecule has 15 heteroatoms. The van der Waals surface area contributed by atoms with Gasteiger partial charge in [0.15, 0.2) is 0 Å². The van der Waals surface area contributed by atoms with E-state index in [1.807, 2.05) is 60.7 Å². The zero-order chi connectivity index (χ0) is 39.7. The summed E-state index contributed by atoms with van der Waals surface area (Å²) in [6.45, 7) is 11.5. The van der Waals surface area contributed by atoms with Crippen LogP contribution < -0.4 is 21.3 Å². The number of hydrogen-bond donors (Lipinski definition) is 6. The first-order valence-corrected chi connectivity index (χ1v) is 17.7. The summed E-state index contributed by atoms with van der Waals surface area (Å²) in [6, 6.07) is 17.4. The van der Waals surface area contributed by atoms with Gasteiger partial charge in [-0.1, -0.05) is 75.5 Å². The standard InChI is InChI=1S/C19H28N2O6.C19H30N2O5.2CH4/c1-19(2,3)27-18(25)21-15(16(22)23)11-7-8-12-20-17(24)26-13-14-9-5-4-6-10-14;1-19(2,3)26-18(24)21-16(13-22)11-7-8-12-20-17(23)25-14-15-9-5-4-6-10-15;;/h4-6,9-10,15H,7-8,11-13H2,1-3H3,(H,20,24)(H,21,25)(H,22,23);4-6,9-10,16,22H,7-8,11-14H2,1-3H3,(H,20,23)(H,21,24);2*1H4/t15-;16-;;/m00../s1. The van der Waals surface area contributed by atoms with E-state index in [9.17, 15) is 34.2 Å². The lowest BCUT2D eigenvalue weighted by Crippen LogP contribution is -2.43. The minimum Gasteiger partial charge on any atom is -0.480 e. The number of ether oxygens (including phenoxy) is 4. The number of hydrogen-bond acceptors (Lipinski definition) is 10. The third-order valence-electron chi connectivity index (χ3n) is 6.79. The first-order chi connectivity index (χ1) is 25.0. The smallest absolute Gasteiger partial charge is 0.408 e. The highest BCUT2D eigenvalue weighted by Gasteiger charge is 2.23. The van der Waals surface area contributed by atoms with Crippen molar-refractivity contribution in [3.05, 3.63) is 71.8 Å². The van der Waals surface area contributed by atoms with Crippen molar-refractivity contribution < 1.29 is 53.1 Å². The van der Waals surface area contributed by atoms with Crippen molar-refractivity contribution in [2.24, 2.45) is 0 Å². The van der Waals surface area contributed by atoms with Gasteiger partial charge in [0.05, 0.1) is 12.6 Å². The molecule has 0 fully saturated rings. The number of carboxylic acid groups (broad SMARTS) is 1. The van der Waals surface area contributed by atoms with Gasteiger partial charge in [0.1, 0.15) is 30.5 Å². The Hall–Kier alpha value is -5.05. The van der Waals surface area contributed by atoms with Crippen LogP contribution in [0, 0.1) is 0 Å². The number of carbonyl (C=O) groups is 5. The number of aliphatic carboxylic acids is 1. The Morgan fingerprint density at radius 2 is 1.00 bits per heavy atom. The number of alkyl carbamates (subject to hydrolysis) is 4. The Labute approximate surface area is 327 Å². The van der Waals surface area contributed by atoms with Crippen molar-refractivity contribution >= 4 is 30.3 Å². The van der Waals surface area contributed by atoms with E-state index in [0.29, 0.717) is 38.8 Å². The molecule has 0 radical (unpaired) electrons. The van der Waals surface area contributed by atoms with E-state index < -0.39 is 47.6 Å². The summed E-state index contributed by atoms with van der Waals surface area (Å²) >= 11 is 0. The number of nitrogens with one attached hydrogen (secondary N) is 4. The van der Waals surface area contributed by atoms with E-state index >= 15 is 0 Å². The SMILES string of the molecule is C.C.CC(C)(C)OC(=O)N[C@@H](CCCCNC(=O)OCc1ccccc1)C(=O)O.CC(C)(C)OC(=O)N[C@H](CO)CCCCNC(=O)OCc1ccccc1. The topological polar surface area (TPSA) is 211 Å². The van der Waals surface area contributed by atoms with Crippen molar-refractivity contribution in [1.82, 2.24) is 21.3 Å². The van der Waals surface area contributed by atoms with E-state index in [-0.39, 0.29) is 47.1 Å². The van der Waals surface area contributed by atoms with Gasteiger partial charge in [-0.05, 0) is 91.2 Å². The second-order valence-corrected chi connectivity index (χ2v) is 14.0. The highest BCUT2D eigenvalue weighted by Crippen LogP contribution is 2.10. The molecule has 2 aromatic carbocycles. The van der Waals surface area contributed by atoms with Gasteiger partial charge in [-0.25, -0.2) is 24.0 Å². The summed E-state index contributed by atoms with van der Waals surface area (Å²) in [7, 11) is 0. The number of amides is 4. The molecule has 2 aromatic rings. The zero-order valence-electron chi connectivity index (χ0n) is 31.8. The van der Waals surface area contributed by atoms with Crippen molar-refractivity contribution in [2.45, 2.75) is 131 Å². The van der Waals surface area contributed by atoms with Gasteiger partial charge in [-0.3, -0.25) is 0 Å². The minimum atomic E-state index is -1.13. The van der Waals surface area contributed by atoms with Gasteiger partial charge >= 0.3 is 30.3 Å². The van der Waals surface area contributed by atoms with E-state index in [4.69, 9.17) is 18.9 Å². The Balaban J connectivity index is 0. The third-order valence-corrected chi connectivity index (χ3v) is 6.79. The first-order valence-electron chi connectivity index (χ1n) is 17.7. The summed E-state index contributed by atoms with van der Waals surface area (Å²) in [6.07, 6.45) is 1.04. The fourth-order valence-corrected chi connectivity index (χ4v) is 4.31. The van der Waals surface area contributed by atoms with Crippen LogP contribution in [-0.2, 0) is 37.0 Å². The van der Waals surface area contributed by atoms with Crippen LogP contribution in [-0.4, -0.2) is 83.5 Å². The highest BCUT2D eigenvalue weighted by atomic mass is 16.6. The van der Waals surface area contributed by atoms with Crippen molar-refractivity contribution in [3.63, 3.8) is 0 Å². The highest BCUT2D eigenvalue weighted by molar-refractivity contribution is 5.80. The number of carbonyl (C=O) groups excluding carboxylic acids is 4. The number of aliphatic hydroxyl groups excluding tert-OH is 1. The predicted octanol–water partition coefficient (Wildman–Crippen LogP) is 7.30. The number of carboxylic acids is 1. The van der Waals surface area contributed by atoms with Crippen molar-refractivity contribution in [1.29, 1.82) is 0 Å². The molecule has 312 valence electrons. The van der Waals surface area contributed by atoms with E-state index in [1.165, 1.54) is 0 Å². The Kier molecular flexibility index (Phi) is 26.9. The molecule has 55 heavy (non-hydrogen) atoms. The Bertz CT molecular complexity index is 1360. The van der Waals surface area contributed by atoms with Crippen LogP contribution in [0.5, 0.6) is 0 Å². The van der Waals surface area contributed by atoms with E-state index in [2.05, 4.69) is 21.3 Å². The summed E-state index contributed by atoms with van der Waals surface area (Å²) in [5.74, 6) is -1.13. The number of unbranched alkanes of at least 4 members (excludes halogenated alkanes) is 2. The Morgan fingerprint density at radius 3 is 1.38 bits per heavy atom. The lowest BCUT2D eigenvalue weighted by Gasteiger charge is -2.22. The average molecular weight is 779 g/mol. The lowest BCUT2D eigenvalue weighted by atomic mass is 10.1. The van der Waals surface area contributed by atoms with Gasteiger partial charge in [-0.2, -0.15) is 0 Å². The summed E-state index contributed by atoms with van der Waals surface area (Å²) in [4.78, 5) is 57.8. The molecule has 6 N–H and O–H groups in total. The van der Waals surface area contributed by atoms with Crippen LogP contribution in [0.15, 0.2) is 60.7 Å². The molecule has 0 spiro atoms. The molecule has 2 atom stereocenters. The quantitative estimate of drug-likeness (QED) is 0.0653. The van der Waals surface area contributed by atoms with Crippen LogP contribution >= 0.6 is 0 Å². The molecule has 0 bridgehead atoms. The molecule has 0 heterocycles. The fraction of sp³-hybridized carbons (Fsp3) is 0.575. The predicted molar refractivity (Wildman–Crippen MR) is 211 cm³/mol. The monoisotopic (exact) mass is 778 g/mol. The molecule has 0 aliphatic carbocycles. The van der Waals surface area contributed by atoms with Crippen LogP contribution in [0.1, 0.15) is 106 Å². The molecule has 0 aliphatic rings. The van der Waals surface area contributed by atoms with E-state index in [0.717, 1.165) is 17.5 Å². The molecule has 0 aliphatic heterocycles. The molecular weight excluding hydrogens is 712 g/mol. The van der Waals surface area contributed by atoms with Crippen LogP contribution in [0.25, 0.3) is 0 Å². The van der Waals surface area contributed by atoms with Gasteiger partial charge in [0, 0.05) is 13.1 Å². The number of benzene rings is 2. The number of aliphatic hydroxyl groups is 1. The molecular formula is C40H66N4O11. The van der Waals surface area contributed by atoms with Crippen LogP contribution in [0.3, 0.4) is 0 Å². The normalized spacial score (nSPS) is 11.6. The second-order valence-electron chi connectivity index (χ2n) is 14.0. The lowest BCUT2D eigenvalue weighted by molar-refractivity contribution is -0.139. The fourth-order valence-electron chi connectivity index (χ4n) is 4.31. The second kappa shape index (κ2) is 28.4. The molecule has 0 saturated carbocycles. The zero-order valence-corrected chi connectivity index (χ0v) is 31.8. The largest absolute Gasteiger partial charge is 0.480 e. The maximum Gasteiger partial charge on any atom is 0.408 e. The average Bonchev–Trinajstić information content (AvgIpc) is 3.08. The Morgan fingerprint density at radius 1 is 0.600 bits per heavy atom. The molecule has 0 aromatic heterocycles. The number of rotatable bonds is 18. The molecule has 2 rings (SSSR count). The van der Waals surface area contributed by atoms with Crippen molar-refractivity contribution in [2.75, 3.05) is 19.7 Å². The minimum absolute atomic E-state index is 0. The van der Waals surface area contributed by atoms with Crippen molar-refractivity contribution in [3.8, 4) is 0 Å². The van der Waals surface area contributed by atoms with Gasteiger partial charge in [0.2, 0.25) is 0 Å². The third kappa shape index (κ3) is 29.0. The van der Waals surface area contributed by atoms with E-state index in [1.54, 1.807) is 41.5 Å². The maximum atomic E-state index is 11.7. The van der Waals surface area contributed by atoms with Gasteiger partial charge in [0.25, 0.3) is 0 Å². The molecule has 0 unspecified atom stereocenters.